The minimum atomic E-state index is -4.68. The lowest BCUT2D eigenvalue weighted by Gasteiger charge is -2.33. The van der Waals surface area contributed by atoms with Gasteiger partial charge in [-0.05, 0) is 44.0 Å². The molecule has 0 spiro atoms. The van der Waals surface area contributed by atoms with Gasteiger partial charge in [0.05, 0.1) is 30.0 Å². The summed E-state index contributed by atoms with van der Waals surface area (Å²) >= 11 is 6.06. The number of rotatable bonds is 6. The molecule has 1 saturated heterocycles. The number of aryl methyl sites for hydroxylation is 1. The number of anilines is 2. The number of likely N-dealkylation sites (N-methyl/N-ethyl adjacent to an activating group) is 1. The third-order valence-electron chi connectivity index (χ3n) is 7.40. The van der Waals surface area contributed by atoms with Crippen molar-refractivity contribution in [2.24, 2.45) is 5.92 Å². The number of hydrogen-bond donors (Lipinski definition) is 1. The number of carbonyl (C=O) groups is 2. The van der Waals surface area contributed by atoms with Gasteiger partial charge in [-0.3, -0.25) is 9.59 Å². The molecule has 1 aromatic carbocycles. The summed E-state index contributed by atoms with van der Waals surface area (Å²) in [4.78, 5) is 34.0. The van der Waals surface area contributed by atoms with Crippen molar-refractivity contribution in [3.05, 3.63) is 52.9 Å². The first-order valence-electron chi connectivity index (χ1n) is 12.7. The molecule has 0 saturated carbocycles. The zero-order chi connectivity index (χ0) is 27.9. The maximum absolute atomic E-state index is 14.3. The Morgan fingerprint density at radius 1 is 1.23 bits per heavy atom. The molecular formula is C26H29ClF3N7O2. The molecule has 13 heteroatoms. The van der Waals surface area contributed by atoms with Crippen LogP contribution < -0.4 is 10.2 Å². The molecule has 0 aliphatic carbocycles. The normalized spacial score (nSPS) is 18.4. The number of likely N-dealkylation sites (tertiary alicyclic amines) is 1. The fourth-order valence-electron chi connectivity index (χ4n) is 5.53. The van der Waals surface area contributed by atoms with Crippen LogP contribution in [-0.2, 0) is 16.0 Å². The summed E-state index contributed by atoms with van der Waals surface area (Å²) in [5, 5.41) is 7.42. The van der Waals surface area contributed by atoms with Gasteiger partial charge in [-0.2, -0.15) is 18.3 Å². The van der Waals surface area contributed by atoms with Gasteiger partial charge in [0.1, 0.15) is 0 Å². The average Bonchev–Trinajstić information content (AvgIpc) is 3.54. The lowest BCUT2D eigenvalue weighted by atomic mass is 10.0. The highest BCUT2D eigenvalue weighted by Gasteiger charge is 2.47. The van der Waals surface area contributed by atoms with Gasteiger partial charge < -0.3 is 20.0 Å². The number of nitrogens with one attached hydrogen (secondary N) is 1. The van der Waals surface area contributed by atoms with Crippen LogP contribution in [0.1, 0.15) is 30.1 Å². The molecule has 2 aromatic heterocycles. The largest absolute Gasteiger partial charge is 0.413 e. The van der Waals surface area contributed by atoms with E-state index in [1.54, 1.807) is 36.0 Å². The number of fused-ring (bicyclic) bond motifs is 3. The van der Waals surface area contributed by atoms with E-state index in [1.165, 1.54) is 24.1 Å². The van der Waals surface area contributed by atoms with Crippen LogP contribution in [0.15, 0.2) is 36.5 Å². The van der Waals surface area contributed by atoms with Crippen molar-refractivity contribution in [1.82, 2.24) is 29.7 Å². The van der Waals surface area contributed by atoms with Crippen molar-refractivity contribution in [3.63, 3.8) is 0 Å². The second-order valence-electron chi connectivity index (χ2n) is 9.92. The Morgan fingerprint density at radius 2 is 1.97 bits per heavy atom. The molecule has 1 fully saturated rings. The fourth-order valence-corrected chi connectivity index (χ4v) is 5.71. The molecule has 2 aliphatic heterocycles. The molecule has 5 rings (SSSR count). The third kappa shape index (κ3) is 5.27. The molecular weight excluding hydrogens is 535 g/mol. The van der Waals surface area contributed by atoms with Crippen LogP contribution in [-0.4, -0.2) is 82.7 Å². The average molecular weight is 564 g/mol. The number of amides is 2. The van der Waals surface area contributed by atoms with Gasteiger partial charge in [0.15, 0.2) is 16.8 Å². The minimum absolute atomic E-state index is 0.0344. The molecule has 4 heterocycles. The van der Waals surface area contributed by atoms with Gasteiger partial charge in [-0.1, -0.05) is 23.7 Å². The van der Waals surface area contributed by atoms with Gasteiger partial charge in [0, 0.05) is 38.4 Å². The lowest BCUT2D eigenvalue weighted by Crippen LogP contribution is -2.43. The number of nitrogens with zero attached hydrogens (tertiary/aromatic N) is 6. The summed E-state index contributed by atoms with van der Waals surface area (Å²) in [6.45, 7) is 1.25. The highest BCUT2D eigenvalue weighted by molar-refractivity contribution is 6.29. The zero-order valence-corrected chi connectivity index (χ0v) is 22.3. The van der Waals surface area contributed by atoms with Gasteiger partial charge in [-0.25, -0.2) is 9.50 Å². The van der Waals surface area contributed by atoms with Crippen molar-refractivity contribution >= 4 is 40.4 Å². The second-order valence-corrected chi connectivity index (χ2v) is 10.3. The lowest BCUT2D eigenvalue weighted by molar-refractivity contribution is -0.190. The Bertz CT molecular complexity index is 1380. The van der Waals surface area contributed by atoms with Crippen LogP contribution in [0.4, 0.5) is 24.5 Å². The number of halogens is 4. The predicted octanol–water partition coefficient (Wildman–Crippen LogP) is 3.60. The smallest absolute Gasteiger partial charge is 0.341 e. The van der Waals surface area contributed by atoms with Gasteiger partial charge >= 0.3 is 6.18 Å². The van der Waals surface area contributed by atoms with E-state index in [0.717, 1.165) is 29.1 Å². The van der Waals surface area contributed by atoms with Crippen LogP contribution in [0.3, 0.4) is 0 Å². The number of benzene rings is 1. The van der Waals surface area contributed by atoms with Crippen molar-refractivity contribution in [2.45, 2.75) is 31.5 Å². The quantitative estimate of drug-likeness (QED) is 0.493. The highest BCUT2D eigenvalue weighted by Crippen LogP contribution is 2.40. The van der Waals surface area contributed by atoms with E-state index >= 15 is 0 Å². The molecule has 0 radical (unpaired) electrons. The van der Waals surface area contributed by atoms with Crippen LogP contribution in [0.25, 0.3) is 5.65 Å². The Hall–Kier alpha value is -3.38. The van der Waals surface area contributed by atoms with E-state index in [9.17, 15) is 22.8 Å². The molecule has 0 bridgehead atoms. The van der Waals surface area contributed by atoms with Crippen molar-refractivity contribution in [1.29, 1.82) is 0 Å². The number of alkyl halides is 3. The molecule has 2 amide bonds. The summed E-state index contributed by atoms with van der Waals surface area (Å²) < 4.78 is 44.6. The molecule has 2 atom stereocenters. The van der Waals surface area contributed by atoms with E-state index < -0.39 is 24.0 Å². The number of aromatic nitrogens is 3. The molecule has 9 nitrogen and oxygen atoms in total. The van der Waals surface area contributed by atoms with Crippen LogP contribution >= 0.6 is 11.6 Å². The summed E-state index contributed by atoms with van der Waals surface area (Å²) in [5.74, 6) is -1.48. The van der Waals surface area contributed by atoms with E-state index in [1.807, 2.05) is 4.90 Å². The Morgan fingerprint density at radius 3 is 2.67 bits per heavy atom. The van der Waals surface area contributed by atoms with Gasteiger partial charge in [0.25, 0.3) is 0 Å². The molecule has 0 unspecified atom stereocenters. The third-order valence-corrected chi connectivity index (χ3v) is 7.59. The summed E-state index contributed by atoms with van der Waals surface area (Å²) in [5.41, 5.74) is 3.06. The van der Waals surface area contributed by atoms with E-state index in [4.69, 9.17) is 11.6 Å². The Kier molecular flexibility index (Phi) is 7.43. The molecule has 3 aromatic rings. The number of carbonyl (C=O) groups excluding carboxylic acids is 2. The molecule has 2 aliphatic rings. The zero-order valence-electron chi connectivity index (χ0n) is 21.6. The first-order valence-corrected chi connectivity index (χ1v) is 13.1. The Balaban J connectivity index is 1.37. The van der Waals surface area contributed by atoms with Gasteiger partial charge in [-0.15, -0.1) is 0 Å². The van der Waals surface area contributed by atoms with Crippen molar-refractivity contribution in [3.8, 4) is 0 Å². The Labute approximate surface area is 228 Å². The highest BCUT2D eigenvalue weighted by atomic mass is 35.5. The maximum atomic E-state index is 14.3. The topological polar surface area (TPSA) is 86.1 Å². The van der Waals surface area contributed by atoms with E-state index in [2.05, 4.69) is 15.4 Å². The van der Waals surface area contributed by atoms with Crippen LogP contribution in [0, 0.1) is 5.92 Å². The van der Waals surface area contributed by atoms with E-state index in [0.29, 0.717) is 36.0 Å². The summed E-state index contributed by atoms with van der Waals surface area (Å²) in [6, 6.07) is 5.67. The predicted molar refractivity (Wildman–Crippen MR) is 140 cm³/mol. The van der Waals surface area contributed by atoms with Crippen molar-refractivity contribution in [2.75, 3.05) is 45.2 Å². The van der Waals surface area contributed by atoms with Crippen LogP contribution in [0.2, 0.25) is 5.15 Å². The molecule has 1 N–H and O–H groups in total. The monoisotopic (exact) mass is 563 g/mol. The second kappa shape index (κ2) is 10.6. The molecule has 39 heavy (non-hydrogen) atoms. The van der Waals surface area contributed by atoms with Crippen LogP contribution in [0.5, 0.6) is 0 Å². The van der Waals surface area contributed by atoms with Gasteiger partial charge in [0.2, 0.25) is 11.8 Å². The molecule has 208 valence electrons. The standard InChI is InChI=1S/C26H29ClF3N7O2/c1-31-14-23(38)35-11-9-17(15-35)25(39)34(2)24(26(28,29)30)16-5-7-18(8-6-16)36-10-3-4-19-20(36)13-32-22-12-21(27)33-37(19)22/h5-8,12-13,17,24,31H,3-4,9-11,14-15H2,1-2H3/t17-,24-/m0/s1. The first kappa shape index (κ1) is 27.2. The fraction of sp³-hybridized carbons (Fsp3) is 0.462. The van der Waals surface area contributed by atoms with E-state index in [-0.39, 0.29) is 24.6 Å². The number of hydrogen-bond acceptors (Lipinski definition) is 6. The van der Waals surface area contributed by atoms with Crippen molar-refractivity contribution < 1.29 is 22.8 Å². The summed E-state index contributed by atoms with van der Waals surface area (Å²) in [7, 11) is 2.82. The minimum Gasteiger partial charge on any atom is -0.341 e. The summed E-state index contributed by atoms with van der Waals surface area (Å²) in [6.07, 6.45) is -1.03. The first-order chi connectivity index (χ1) is 18.6. The SMILES string of the molecule is CNCC(=O)N1CC[C@H](C(=O)N(C)[C@@H](c2ccc(N3CCCc4c3cnc3cc(Cl)nn43)cc2)C(F)(F)F)C1. The maximum Gasteiger partial charge on any atom is 0.413 e.